The summed E-state index contributed by atoms with van der Waals surface area (Å²) in [5, 5.41) is 7.59. The van der Waals surface area contributed by atoms with Crippen LogP contribution in [0.15, 0.2) is 70.4 Å². The lowest BCUT2D eigenvalue weighted by Gasteiger charge is -2.06. The van der Waals surface area contributed by atoms with Crippen LogP contribution >= 0.6 is 12.2 Å². The number of furan rings is 1. The molecule has 5 nitrogen and oxygen atoms in total. The second-order valence-corrected chi connectivity index (χ2v) is 5.84. The number of benzene rings is 1. The molecule has 0 unspecified atom stereocenters. The second-order valence-electron chi connectivity index (χ2n) is 5.43. The Morgan fingerprint density at radius 3 is 2.88 bits per heavy atom. The fraction of sp³-hybridized carbons (Fsp3) is 0.105. The minimum absolute atomic E-state index is 0.436. The van der Waals surface area contributed by atoms with E-state index in [1.165, 1.54) is 5.56 Å². The molecule has 6 heteroatoms. The topological polar surface area (TPSA) is 62.5 Å². The van der Waals surface area contributed by atoms with Crippen LogP contribution in [0.5, 0.6) is 0 Å². The molecule has 0 aliphatic carbocycles. The van der Waals surface area contributed by atoms with Gasteiger partial charge in [0.2, 0.25) is 0 Å². The molecule has 3 aromatic rings. The summed E-state index contributed by atoms with van der Waals surface area (Å²) >= 11 is 5.18. The van der Waals surface area contributed by atoms with Crippen molar-refractivity contribution in [1.82, 2.24) is 15.7 Å². The Morgan fingerprint density at radius 1 is 1.20 bits per heavy atom. The summed E-state index contributed by atoms with van der Waals surface area (Å²) in [6, 6.07) is 15.8. The molecule has 0 aliphatic heterocycles. The highest BCUT2D eigenvalue weighted by molar-refractivity contribution is 7.80. The van der Waals surface area contributed by atoms with Crippen LogP contribution in [0.1, 0.15) is 16.9 Å². The highest BCUT2D eigenvalue weighted by Gasteiger charge is 2.05. The predicted molar refractivity (Wildman–Crippen MR) is 103 cm³/mol. The second kappa shape index (κ2) is 8.21. The molecular weight excluding hydrogens is 332 g/mol. The fourth-order valence-corrected chi connectivity index (χ4v) is 2.42. The first-order valence-corrected chi connectivity index (χ1v) is 8.25. The zero-order valence-corrected chi connectivity index (χ0v) is 14.6. The molecule has 0 saturated heterocycles. The first-order valence-electron chi connectivity index (χ1n) is 7.84. The molecule has 0 bridgehead atoms. The number of hydrogen-bond acceptors (Lipinski definition) is 4. The Bertz CT molecular complexity index is 874. The summed E-state index contributed by atoms with van der Waals surface area (Å²) in [7, 11) is 0. The standard InChI is InChI=1S/C19H18N4OS/c1-14-5-2-3-7-17(14)18-9-8-16(24-18)13-22-23-19(25)21-12-15-6-4-10-20-11-15/h2-11,13H,12H2,1H3,(H2,21,23,25)/b22-13+. The van der Waals surface area contributed by atoms with Crippen molar-refractivity contribution >= 4 is 23.5 Å². The van der Waals surface area contributed by atoms with Crippen LogP contribution in [-0.2, 0) is 6.54 Å². The van der Waals surface area contributed by atoms with E-state index in [1.54, 1.807) is 18.6 Å². The molecule has 126 valence electrons. The summed E-state index contributed by atoms with van der Waals surface area (Å²) < 4.78 is 5.80. The molecule has 2 N–H and O–H groups in total. The van der Waals surface area contributed by atoms with E-state index in [0.717, 1.165) is 16.9 Å². The molecule has 0 saturated carbocycles. The zero-order chi connectivity index (χ0) is 17.5. The SMILES string of the molecule is Cc1ccccc1-c1ccc(/C=N/NC(=S)NCc2cccnc2)o1. The van der Waals surface area contributed by atoms with Gasteiger partial charge in [-0.05, 0) is 48.5 Å². The first-order chi connectivity index (χ1) is 12.2. The fourth-order valence-electron chi connectivity index (χ4n) is 2.30. The van der Waals surface area contributed by atoms with Gasteiger partial charge in [-0.15, -0.1) is 0 Å². The summed E-state index contributed by atoms with van der Waals surface area (Å²) in [5.74, 6) is 1.47. The molecule has 0 fully saturated rings. The Kier molecular flexibility index (Phi) is 5.53. The number of hydrogen-bond donors (Lipinski definition) is 2. The maximum atomic E-state index is 5.80. The van der Waals surface area contributed by atoms with Gasteiger partial charge < -0.3 is 9.73 Å². The van der Waals surface area contributed by atoms with Gasteiger partial charge in [-0.1, -0.05) is 30.3 Å². The van der Waals surface area contributed by atoms with Gasteiger partial charge in [0.25, 0.3) is 0 Å². The van der Waals surface area contributed by atoms with Crippen molar-refractivity contribution in [3.05, 3.63) is 77.8 Å². The van der Waals surface area contributed by atoms with Gasteiger partial charge in [0.15, 0.2) is 5.11 Å². The Morgan fingerprint density at radius 2 is 2.08 bits per heavy atom. The summed E-state index contributed by atoms with van der Waals surface area (Å²) in [5.41, 5.74) is 6.06. The van der Waals surface area contributed by atoms with E-state index in [-0.39, 0.29) is 0 Å². The Labute approximate surface area is 151 Å². The normalized spacial score (nSPS) is 10.8. The molecule has 0 radical (unpaired) electrons. The van der Waals surface area contributed by atoms with Gasteiger partial charge in [0.05, 0.1) is 6.21 Å². The number of aromatic nitrogens is 1. The molecule has 0 aliphatic rings. The third kappa shape index (κ3) is 4.74. The molecule has 1 aromatic carbocycles. The van der Waals surface area contributed by atoms with E-state index < -0.39 is 0 Å². The van der Waals surface area contributed by atoms with Crippen LogP contribution in [0.4, 0.5) is 0 Å². The maximum Gasteiger partial charge on any atom is 0.187 e. The third-order valence-corrected chi connectivity index (χ3v) is 3.81. The number of nitrogens with one attached hydrogen (secondary N) is 2. The smallest absolute Gasteiger partial charge is 0.187 e. The van der Waals surface area contributed by atoms with Gasteiger partial charge in [-0.3, -0.25) is 10.4 Å². The Hall–Kier alpha value is -2.99. The van der Waals surface area contributed by atoms with Crippen LogP contribution in [0, 0.1) is 6.92 Å². The molecule has 0 amide bonds. The van der Waals surface area contributed by atoms with Crippen molar-refractivity contribution in [1.29, 1.82) is 0 Å². The van der Waals surface area contributed by atoms with Crippen LogP contribution in [0.2, 0.25) is 0 Å². The summed E-state index contributed by atoms with van der Waals surface area (Å²) in [6.07, 6.45) is 5.12. The van der Waals surface area contributed by atoms with Crippen molar-refractivity contribution in [3.8, 4) is 11.3 Å². The lowest BCUT2D eigenvalue weighted by atomic mass is 10.1. The lowest BCUT2D eigenvalue weighted by molar-refractivity contribution is 0.574. The zero-order valence-electron chi connectivity index (χ0n) is 13.8. The van der Waals surface area contributed by atoms with E-state index in [9.17, 15) is 0 Å². The highest BCUT2D eigenvalue weighted by atomic mass is 32.1. The number of hydrazone groups is 1. The van der Waals surface area contributed by atoms with Crippen molar-refractivity contribution in [2.45, 2.75) is 13.5 Å². The molecule has 25 heavy (non-hydrogen) atoms. The molecule has 0 atom stereocenters. The number of nitrogens with zero attached hydrogens (tertiary/aromatic N) is 2. The average Bonchev–Trinajstić information content (AvgIpc) is 3.10. The average molecular weight is 350 g/mol. The summed E-state index contributed by atoms with van der Waals surface area (Å²) in [6.45, 7) is 2.65. The van der Waals surface area contributed by atoms with E-state index in [1.807, 2.05) is 42.5 Å². The first kappa shape index (κ1) is 16.9. The quantitative estimate of drug-likeness (QED) is 0.418. The van der Waals surface area contributed by atoms with Crippen molar-refractivity contribution in [3.63, 3.8) is 0 Å². The van der Waals surface area contributed by atoms with E-state index in [2.05, 4.69) is 33.8 Å². The lowest BCUT2D eigenvalue weighted by Crippen LogP contribution is -2.31. The van der Waals surface area contributed by atoms with E-state index >= 15 is 0 Å². The molecule has 2 heterocycles. The van der Waals surface area contributed by atoms with Crippen molar-refractivity contribution < 1.29 is 4.42 Å². The number of thiocarbonyl (C=S) groups is 1. The minimum Gasteiger partial charge on any atom is -0.455 e. The van der Waals surface area contributed by atoms with Gasteiger partial charge in [0.1, 0.15) is 11.5 Å². The molecular formula is C19H18N4OS. The molecule has 0 spiro atoms. The predicted octanol–water partition coefficient (Wildman–Crippen LogP) is 3.65. The third-order valence-electron chi connectivity index (χ3n) is 3.57. The van der Waals surface area contributed by atoms with E-state index in [4.69, 9.17) is 16.6 Å². The van der Waals surface area contributed by atoms with Gasteiger partial charge in [-0.2, -0.15) is 5.10 Å². The number of rotatable bonds is 5. The van der Waals surface area contributed by atoms with Gasteiger partial charge in [-0.25, -0.2) is 0 Å². The van der Waals surface area contributed by atoms with Crippen molar-refractivity contribution in [2.24, 2.45) is 5.10 Å². The highest BCUT2D eigenvalue weighted by Crippen LogP contribution is 2.24. The molecule has 3 rings (SSSR count). The van der Waals surface area contributed by atoms with Crippen LogP contribution < -0.4 is 10.7 Å². The largest absolute Gasteiger partial charge is 0.455 e. The maximum absolute atomic E-state index is 5.80. The Balaban J connectivity index is 1.53. The van der Waals surface area contributed by atoms with Crippen LogP contribution in [0.25, 0.3) is 11.3 Å². The van der Waals surface area contributed by atoms with Crippen LogP contribution in [0.3, 0.4) is 0 Å². The number of aryl methyl sites for hydroxylation is 1. The van der Waals surface area contributed by atoms with Crippen molar-refractivity contribution in [2.75, 3.05) is 0 Å². The van der Waals surface area contributed by atoms with E-state index in [0.29, 0.717) is 17.4 Å². The molecule has 2 aromatic heterocycles. The monoisotopic (exact) mass is 350 g/mol. The minimum atomic E-state index is 0.436. The van der Waals surface area contributed by atoms with Gasteiger partial charge >= 0.3 is 0 Å². The number of pyridine rings is 1. The van der Waals surface area contributed by atoms with Gasteiger partial charge in [0, 0.05) is 24.5 Å². The summed E-state index contributed by atoms with van der Waals surface area (Å²) in [4.78, 5) is 4.05. The van der Waals surface area contributed by atoms with Crippen LogP contribution in [-0.4, -0.2) is 16.3 Å².